The molecule has 0 fully saturated rings. The summed E-state index contributed by atoms with van der Waals surface area (Å²) >= 11 is 0. The highest BCUT2D eigenvalue weighted by atomic mass is 16.5. The Kier molecular flexibility index (Phi) is 10.5. The molecule has 0 spiro atoms. The molecule has 6 nitrogen and oxygen atoms in total. The quantitative estimate of drug-likeness (QED) is 0.231. The third kappa shape index (κ3) is 7.30. The van der Waals surface area contributed by atoms with Gasteiger partial charge in [0.25, 0.3) is 0 Å². The van der Waals surface area contributed by atoms with E-state index in [-0.39, 0.29) is 11.7 Å². The number of ketones is 1. The molecular weight excluding hydrogens is 432 g/mol. The Balaban J connectivity index is 2.14. The minimum absolute atomic E-state index is 0.100. The second kappa shape index (κ2) is 13.3. The zero-order chi connectivity index (χ0) is 25.1. The Morgan fingerprint density at radius 2 is 1.44 bits per heavy atom. The first-order valence-corrected chi connectivity index (χ1v) is 11.4. The molecule has 0 saturated carbocycles. The summed E-state index contributed by atoms with van der Waals surface area (Å²) in [6, 6.07) is 9.43. The number of allylic oxidation sites excluding steroid dienone is 1. The van der Waals surface area contributed by atoms with E-state index in [1.54, 1.807) is 28.4 Å². The van der Waals surface area contributed by atoms with Gasteiger partial charge in [0, 0.05) is 18.8 Å². The number of ether oxygens (including phenoxy) is 5. The molecule has 1 atom stereocenters. The molecule has 0 radical (unpaired) electrons. The van der Waals surface area contributed by atoms with E-state index in [0.29, 0.717) is 53.8 Å². The van der Waals surface area contributed by atoms with Gasteiger partial charge in [-0.05, 0) is 48.2 Å². The summed E-state index contributed by atoms with van der Waals surface area (Å²) in [4.78, 5) is 12.0. The number of Topliss-reactive ketones (excluding diaryl/α,β-unsaturated/α-hetero) is 1. The van der Waals surface area contributed by atoms with Crippen LogP contribution in [0.25, 0.3) is 12.2 Å². The second-order valence-electron chi connectivity index (χ2n) is 7.97. The van der Waals surface area contributed by atoms with Gasteiger partial charge >= 0.3 is 0 Å². The lowest BCUT2D eigenvalue weighted by atomic mass is 9.99. The van der Waals surface area contributed by atoms with Crippen LogP contribution < -0.4 is 23.7 Å². The van der Waals surface area contributed by atoms with Crippen molar-refractivity contribution in [1.29, 1.82) is 0 Å². The maximum Gasteiger partial charge on any atom is 0.203 e. The molecule has 34 heavy (non-hydrogen) atoms. The van der Waals surface area contributed by atoms with E-state index in [4.69, 9.17) is 23.7 Å². The van der Waals surface area contributed by atoms with E-state index >= 15 is 0 Å². The molecule has 2 rings (SSSR count). The minimum Gasteiger partial charge on any atom is -0.493 e. The van der Waals surface area contributed by atoms with Crippen molar-refractivity contribution < 1.29 is 28.5 Å². The predicted molar refractivity (Wildman–Crippen MR) is 136 cm³/mol. The van der Waals surface area contributed by atoms with Crippen molar-refractivity contribution in [2.24, 2.45) is 5.92 Å². The van der Waals surface area contributed by atoms with Crippen LogP contribution in [0, 0.1) is 5.92 Å². The fourth-order valence-electron chi connectivity index (χ4n) is 3.41. The van der Waals surface area contributed by atoms with Crippen molar-refractivity contribution in [2.45, 2.75) is 39.5 Å². The van der Waals surface area contributed by atoms with E-state index in [9.17, 15) is 4.79 Å². The normalized spacial score (nSPS) is 11.7. The average Bonchev–Trinajstić information content (AvgIpc) is 2.86. The smallest absolute Gasteiger partial charge is 0.203 e. The number of methoxy groups -OCH3 is 4. The molecule has 0 aliphatic carbocycles. The summed E-state index contributed by atoms with van der Waals surface area (Å²) < 4.78 is 27.7. The number of hydrogen-bond acceptors (Lipinski definition) is 6. The van der Waals surface area contributed by atoms with Crippen molar-refractivity contribution in [2.75, 3.05) is 28.4 Å². The van der Waals surface area contributed by atoms with Gasteiger partial charge in [-0.25, -0.2) is 0 Å². The van der Waals surface area contributed by atoms with Crippen molar-refractivity contribution in [3.8, 4) is 28.7 Å². The van der Waals surface area contributed by atoms with Gasteiger partial charge in [0.05, 0.1) is 34.2 Å². The lowest BCUT2D eigenvalue weighted by Crippen LogP contribution is -2.09. The van der Waals surface area contributed by atoms with E-state index in [1.165, 1.54) is 0 Å². The van der Waals surface area contributed by atoms with Crippen LogP contribution in [0.5, 0.6) is 28.7 Å². The molecule has 0 aromatic heterocycles. The lowest BCUT2D eigenvalue weighted by molar-refractivity contribution is -0.122. The number of hydrogen-bond donors (Lipinski definition) is 0. The van der Waals surface area contributed by atoms with Crippen LogP contribution in [0.15, 0.2) is 42.7 Å². The Morgan fingerprint density at radius 1 is 0.853 bits per heavy atom. The number of carbonyl (C=O) groups is 1. The fraction of sp³-hybridized carbons (Fsp3) is 0.393. The van der Waals surface area contributed by atoms with Crippen LogP contribution >= 0.6 is 0 Å². The Labute approximate surface area is 203 Å². The summed E-state index contributed by atoms with van der Waals surface area (Å²) in [5.41, 5.74) is 1.81. The lowest BCUT2D eigenvalue weighted by Gasteiger charge is -2.14. The highest BCUT2D eigenvalue weighted by Crippen LogP contribution is 2.39. The van der Waals surface area contributed by atoms with Crippen molar-refractivity contribution in [3.05, 3.63) is 53.8 Å². The predicted octanol–water partition coefficient (Wildman–Crippen LogP) is 6.57. The van der Waals surface area contributed by atoms with Gasteiger partial charge in [-0.15, -0.1) is 0 Å². The van der Waals surface area contributed by atoms with Gasteiger partial charge in [0.15, 0.2) is 23.0 Å². The fourth-order valence-corrected chi connectivity index (χ4v) is 3.41. The molecule has 2 aromatic carbocycles. The molecule has 184 valence electrons. The summed E-state index contributed by atoms with van der Waals surface area (Å²) in [5, 5.41) is 0. The Morgan fingerprint density at radius 3 is 2.00 bits per heavy atom. The summed E-state index contributed by atoms with van der Waals surface area (Å²) in [5.74, 6) is 3.89. The van der Waals surface area contributed by atoms with Crippen LogP contribution in [0.2, 0.25) is 0 Å². The van der Waals surface area contributed by atoms with E-state index in [1.807, 2.05) is 56.3 Å². The Bertz CT molecular complexity index is 983. The van der Waals surface area contributed by atoms with Gasteiger partial charge in [0.1, 0.15) is 5.78 Å². The van der Waals surface area contributed by atoms with Crippen LogP contribution in [0.1, 0.15) is 50.7 Å². The van der Waals surface area contributed by atoms with Crippen LogP contribution in [0.4, 0.5) is 0 Å². The molecule has 0 saturated heterocycles. The molecule has 0 aliphatic heterocycles. The largest absolute Gasteiger partial charge is 0.493 e. The van der Waals surface area contributed by atoms with Crippen molar-refractivity contribution in [3.63, 3.8) is 0 Å². The van der Waals surface area contributed by atoms with E-state index in [2.05, 4.69) is 6.58 Å². The minimum atomic E-state index is 0.100. The zero-order valence-electron chi connectivity index (χ0n) is 21.1. The maximum absolute atomic E-state index is 12.0. The highest BCUT2D eigenvalue weighted by Gasteiger charge is 2.13. The molecule has 0 bridgehead atoms. The van der Waals surface area contributed by atoms with Gasteiger partial charge in [-0.2, -0.15) is 0 Å². The molecule has 0 amide bonds. The van der Waals surface area contributed by atoms with Gasteiger partial charge in [0.2, 0.25) is 5.75 Å². The van der Waals surface area contributed by atoms with Crippen LogP contribution in [-0.4, -0.2) is 34.2 Å². The number of benzene rings is 2. The van der Waals surface area contributed by atoms with Gasteiger partial charge in [-0.3, -0.25) is 4.79 Å². The molecule has 1 unspecified atom stereocenters. The SMILES string of the molecule is C=C(CCCC(=O)C(C)CC)Oc1cc(/C=C\c2cc(OC)c(OC)c(OC)c2)ccc1OC. The topological polar surface area (TPSA) is 63.2 Å². The molecule has 6 heteroatoms. The third-order valence-corrected chi connectivity index (χ3v) is 5.64. The first kappa shape index (κ1) is 26.8. The molecule has 0 N–H and O–H groups in total. The van der Waals surface area contributed by atoms with Crippen LogP contribution in [0.3, 0.4) is 0 Å². The average molecular weight is 469 g/mol. The van der Waals surface area contributed by atoms with Gasteiger partial charge < -0.3 is 23.7 Å². The zero-order valence-corrected chi connectivity index (χ0v) is 21.1. The summed E-state index contributed by atoms with van der Waals surface area (Å²) in [6.07, 6.45) is 6.63. The standard InChI is InChI=1S/C28H36O6/c1-8-19(2)23(29)11-9-10-20(3)34-25-16-21(14-15-24(25)30-4)12-13-22-17-26(31-5)28(33-7)27(18-22)32-6/h12-19H,3,8-11H2,1-2,4-7H3/b13-12-. The maximum atomic E-state index is 12.0. The van der Waals surface area contributed by atoms with Crippen molar-refractivity contribution in [1.82, 2.24) is 0 Å². The number of rotatable bonds is 14. The first-order valence-electron chi connectivity index (χ1n) is 11.4. The summed E-state index contributed by atoms with van der Waals surface area (Å²) in [7, 11) is 6.35. The molecule has 0 aliphatic rings. The second-order valence-corrected chi connectivity index (χ2v) is 7.97. The third-order valence-electron chi connectivity index (χ3n) is 5.64. The Hall–Kier alpha value is -3.41. The van der Waals surface area contributed by atoms with Crippen molar-refractivity contribution >= 4 is 17.9 Å². The van der Waals surface area contributed by atoms with E-state index in [0.717, 1.165) is 17.5 Å². The van der Waals surface area contributed by atoms with Gasteiger partial charge in [-0.1, -0.05) is 38.6 Å². The van der Waals surface area contributed by atoms with E-state index < -0.39 is 0 Å². The number of carbonyl (C=O) groups excluding carboxylic acids is 1. The molecule has 0 heterocycles. The molecule has 2 aromatic rings. The first-order chi connectivity index (χ1) is 16.4. The highest BCUT2D eigenvalue weighted by molar-refractivity contribution is 5.80. The molecular formula is C28H36O6. The van der Waals surface area contributed by atoms with Crippen LogP contribution in [-0.2, 0) is 4.79 Å². The monoisotopic (exact) mass is 468 g/mol. The summed E-state index contributed by atoms with van der Waals surface area (Å²) in [6.45, 7) is 8.01.